The summed E-state index contributed by atoms with van der Waals surface area (Å²) in [6.07, 6.45) is -3.19. The lowest BCUT2D eigenvalue weighted by Gasteiger charge is -2.48. The Hall–Kier alpha value is -4.65. The lowest BCUT2D eigenvalue weighted by molar-refractivity contribution is -0.342. The van der Waals surface area contributed by atoms with Crippen molar-refractivity contribution in [1.82, 2.24) is 0 Å². The van der Waals surface area contributed by atoms with E-state index in [0.717, 1.165) is 45.6 Å². The second-order valence-corrected chi connectivity index (χ2v) is 17.3. The molecule has 2 heterocycles. The summed E-state index contributed by atoms with van der Waals surface area (Å²) in [5.74, 6) is 0.909. The Bertz CT molecular complexity index is 2130. The van der Waals surface area contributed by atoms with E-state index in [4.69, 9.17) is 37.9 Å². The largest absolute Gasteiger partial charge is 0.376 e. The van der Waals surface area contributed by atoms with Crippen LogP contribution in [0.3, 0.4) is 0 Å². The molecular weight excluding hydrogens is 809 g/mol. The molecule has 0 radical (unpaired) electrons. The van der Waals surface area contributed by atoms with Gasteiger partial charge in [-0.05, 0) is 45.6 Å². The van der Waals surface area contributed by atoms with Crippen molar-refractivity contribution in [2.45, 2.75) is 94.2 Å². The zero-order chi connectivity index (χ0) is 42.7. The maximum Gasteiger partial charge on any atom is 0.187 e. The van der Waals surface area contributed by atoms with Crippen LogP contribution in [0.2, 0.25) is 0 Å². The minimum absolute atomic E-state index is 0.0508. The predicted molar refractivity (Wildman–Crippen MR) is 247 cm³/mol. The van der Waals surface area contributed by atoms with Gasteiger partial charge in [-0.1, -0.05) is 182 Å². The van der Waals surface area contributed by atoms with E-state index < -0.39 is 36.8 Å². The van der Waals surface area contributed by atoms with Crippen molar-refractivity contribution in [3.8, 4) is 0 Å². The Balaban J connectivity index is 1.12. The third-order valence-corrected chi connectivity index (χ3v) is 12.6. The van der Waals surface area contributed by atoms with Gasteiger partial charge in [0.2, 0.25) is 0 Å². The number of hydrogen-bond acceptors (Lipinski definition) is 9. The van der Waals surface area contributed by atoms with Crippen molar-refractivity contribution in [3.63, 3.8) is 0 Å². The molecule has 328 valence electrons. The minimum Gasteiger partial charge on any atom is -0.376 e. The average Bonchev–Trinajstić information content (AvgIpc) is 3.34. The molecule has 0 bridgehead atoms. The quantitative estimate of drug-likeness (QED) is 0.0663. The van der Waals surface area contributed by atoms with Crippen LogP contribution in [-0.2, 0) is 77.5 Å². The summed E-state index contributed by atoms with van der Waals surface area (Å²) in [6.45, 7) is 3.08. The van der Waals surface area contributed by atoms with Crippen LogP contribution in [0.1, 0.15) is 39.8 Å². The highest BCUT2D eigenvalue weighted by atomic mass is 32.2. The van der Waals surface area contributed by atoms with E-state index in [1.807, 2.05) is 121 Å². The second kappa shape index (κ2) is 24.4. The first-order valence-electron chi connectivity index (χ1n) is 22.0. The Labute approximate surface area is 376 Å². The lowest BCUT2D eigenvalue weighted by Crippen LogP contribution is -2.63. The smallest absolute Gasteiger partial charge is 0.187 e. The fraction of sp³-hybridized carbons (Fsp3) is 0.333. The summed E-state index contributed by atoms with van der Waals surface area (Å²) in [5.41, 5.74) is 6.40. The highest BCUT2D eigenvalue weighted by molar-refractivity contribution is 8.00. The highest BCUT2D eigenvalue weighted by Gasteiger charge is 2.51. The van der Waals surface area contributed by atoms with Crippen LogP contribution in [0, 0.1) is 0 Å². The zero-order valence-electron chi connectivity index (χ0n) is 35.7. The molecular formula is C54H58O8S. The van der Waals surface area contributed by atoms with Crippen molar-refractivity contribution in [2.75, 3.05) is 19.0 Å². The van der Waals surface area contributed by atoms with E-state index in [2.05, 4.69) is 72.8 Å². The van der Waals surface area contributed by atoms with E-state index in [9.17, 15) is 0 Å². The van der Waals surface area contributed by atoms with Gasteiger partial charge in [0, 0.05) is 0 Å². The Morgan fingerprint density at radius 1 is 0.397 bits per heavy atom. The molecule has 0 unspecified atom stereocenters. The molecule has 0 spiro atoms. The SMILES string of the molecule is c1ccc(COC[C@@H]2SCC[C@@H](OCc3ccccc3)[C@@H]2O[C@@H]2O[C@H](COCc3ccccc3)[C@@H](OCc3ccccc3)[C@H](OCc3ccccc3)[C@H]2OCc2ccccc2)cc1. The van der Waals surface area contributed by atoms with Gasteiger partial charge in [0.05, 0.1) is 64.2 Å². The van der Waals surface area contributed by atoms with Crippen molar-refractivity contribution in [1.29, 1.82) is 0 Å². The van der Waals surface area contributed by atoms with E-state index in [1.165, 1.54) is 0 Å². The van der Waals surface area contributed by atoms with Crippen molar-refractivity contribution < 1.29 is 37.9 Å². The molecule has 9 heteroatoms. The molecule has 63 heavy (non-hydrogen) atoms. The van der Waals surface area contributed by atoms with Crippen molar-refractivity contribution in [3.05, 3.63) is 215 Å². The van der Waals surface area contributed by atoms with Gasteiger partial charge in [0.25, 0.3) is 0 Å². The molecule has 2 aliphatic rings. The third kappa shape index (κ3) is 13.7. The van der Waals surface area contributed by atoms with E-state index in [1.54, 1.807) is 0 Å². The summed E-state index contributed by atoms with van der Waals surface area (Å²) in [4.78, 5) is 0. The molecule has 8 rings (SSSR count). The molecule has 8 atom stereocenters. The monoisotopic (exact) mass is 866 g/mol. The summed E-state index contributed by atoms with van der Waals surface area (Å²) in [5, 5.41) is -0.0508. The van der Waals surface area contributed by atoms with Crippen molar-refractivity contribution in [2.24, 2.45) is 0 Å². The molecule has 0 saturated carbocycles. The van der Waals surface area contributed by atoms with Gasteiger partial charge >= 0.3 is 0 Å². The van der Waals surface area contributed by atoms with Gasteiger partial charge in [-0.3, -0.25) is 0 Å². The normalized spacial score (nSPS) is 23.6. The first kappa shape index (κ1) is 44.9. The van der Waals surface area contributed by atoms with E-state index in [-0.39, 0.29) is 18.0 Å². The molecule has 0 amide bonds. The first-order chi connectivity index (χ1) is 31.2. The third-order valence-electron chi connectivity index (χ3n) is 11.3. The summed E-state index contributed by atoms with van der Waals surface area (Å²) < 4.78 is 55.2. The Morgan fingerprint density at radius 3 is 1.24 bits per heavy atom. The van der Waals surface area contributed by atoms with Gasteiger partial charge in [-0.25, -0.2) is 0 Å². The molecule has 2 aliphatic heterocycles. The zero-order valence-corrected chi connectivity index (χ0v) is 36.5. The maximum absolute atomic E-state index is 7.37. The first-order valence-corrected chi connectivity index (χ1v) is 23.1. The lowest BCUT2D eigenvalue weighted by atomic mass is 9.97. The topological polar surface area (TPSA) is 73.8 Å². The van der Waals surface area contributed by atoms with E-state index >= 15 is 0 Å². The standard InChI is InChI=1S/C54H58O8S/c1-7-19-41(20-8-1)33-55-39-48-51(58-36-44-25-13-4-14-26-44)52(59-37-45-27-15-5-16-28-45)53(60-38-46-29-17-6-18-30-46)54(61-48)62-50-47(57-35-43-23-11-3-12-24-43)31-32-63-49(50)40-56-34-42-21-9-2-10-22-42/h1-30,47-54H,31-40H2/t47-,48-,49+,50+,51-,52+,53-,54+/m1/s1. The van der Waals surface area contributed by atoms with Crippen molar-refractivity contribution >= 4 is 11.8 Å². The minimum atomic E-state index is -0.875. The molecule has 0 aromatic heterocycles. The molecule has 8 nitrogen and oxygen atoms in total. The Morgan fingerprint density at radius 2 is 0.778 bits per heavy atom. The van der Waals surface area contributed by atoms with Crippen LogP contribution < -0.4 is 0 Å². The molecule has 0 aliphatic carbocycles. The van der Waals surface area contributed by atoms with Crippen LogP contribution in [-0.4, -0.2) is 67.1 Å². The summed E-state index contributed by atoms with van der Waals surface area (Å²) >= 11 is 1.85. The molecule has 0 N–H and O–H groups in total. The average molecular weight is 867 g/mol. The number of hydrogen-bond donors (Lipinski definition) is 0. The highest BCUT2D eigenvalue weighted by Crippen LogP contribution is 2.37. The second-order valence-electron chi connectivity index (χ2n) is 16.0. The van der Waals surface area contributed by atoms with Crippen LogP contribution in [0.5, 0.6) is 0 Å². The number of ether oxygens (including phenoxy) is 8. The van der Waals surface area contributed by atoms with Crippen LogP contribution in [0.25, 0.3) is 0 Å². The fourth-order valence-electron chi connectivity index (χ4n) is 7.99. The van der Waals surface area contributed by atoms with E-state index in [0.29, 0.717) is 46.2 Å². The number of rotatable bonds is 22. The maximum atomic E-state index is 7.37. The van der Waals surface area contributed by atoms with Crippen LogP contribution >= 0.6 is 11.8 Å². The van der Waals surface area contributed by atoms with Crippen LogP contribution in [0.4, 0.5) is 0 Å². The van der Waals surface area contributed by atoms with Gasteiger partial charge in [-0.15, -0.1) is 0 Å². The number of thioether (sulfide) groups is 1. The number of benzene rings is 6. The predicted octanol–water partition coefficient (Wildman–Crippen LogP) is 10.4. The summed E-state index contributed by atoms with van der Waals surface area (Å²) in [6, 6.07) is 61.3. The fourth-order valence-corrected chi connectivity index (χ4v) is 9.28. The van der Waals surface area contributed by atoms with Crippen LogP contribution in [0.15, 0.2) is 182 Å². The Kier molecular flexibility index (Phi) is 17.4. The molecule has 2 fully saturated rings. The van der Waals surface area contributed by atoms with Gasteiger partial charge < -0.3 is 37.9 Å². The summed E-state index contributed by atoms with van der Waals surface area (Å²) in [7, 11) is 0. The molecule has 2 saturated heterocycles. The van der Waals surface area contributed by atoms with Gasteiger partial charge in [-0.2, -0.15) is 11.8 Å². The molecule has 6 aromatic carbocycles. The van der Waals surface area contributed by atoms with Gasteiger partial charge in [0.1, 0.15) is 30.5 Å². The van der Waals surface area contributed by atoms with Gasteiger partial charge in [0.15, 0.2) is 6.29 Å². The molecule has 6 aromatic rings.